The SMILES string of the molecule is CC(C)=CCC[C@@H](C)[C@@H]1CC[C@@H](C)c2ccc(C)cc21. The summed E-state index contributed by atoms with van der Waals surface area (Å²) in [6.07, 6.45) is 7.66. The predicted molar refractivity (Wildman–Crippen MR) is 89.4 cm³/mol. The van der Waals surface area contributed by atoms with E-state index in [4.69, 9.17) is 0 Å². The summed E-state index contributed by atoms with van der Waals surface area (Å²) >= 11 is 0. The summed E-state index contributed by atoms with van der Waals surface area (Å²) in [5.74, 6) is 2.30. The molecule has 0 radical (unpaired) electrons. The summed E-state index contributed by atoms with van der Waals surface area (Å²) in [5.41, 5.74) is 6.12. The minimum absolute atomic E-state index is 0.742. The van der Waals surface area contributed by atoms with Gasteiger partial charge in [-0.15, -0.1) is 0 Å². The first-order valence-corrected chi connectivity index (χ1v) is 8.23. The van der Waals surface area contributed by atoms with Gasteiger partial charge >= 0.3 is 0 Å². The molecule has 0 unspecified atom stereocenters. The lowest BCUT2D eigenvalue weighted by molar-refractivity contribution is 0.370. The first kappa shape index (κ1) is 15.4. The Balaban J connectivity index is 2.15. The molecule has 0 heteroatoms. The molecule has 0 saturated carbocycles. The average molecular weight is 270 g/mol. The Kier molecular flexibility index (Phi) is 5.07. The zero-order valence-electron chi connectivity index (χ0n) is 13.9. The van der Waals surface area contributed by atoms with E-state index < -0.39 is 0 Å². The standard InChI is InChI=1S/C20H30/c1-14(2)7-6-8-16(4)19-12-10-17(5)18-11-9-15(3)13-20(18)19/h7,9,11,13,16-17,19H,6,8,10,12H2,1-5H3/t16-,17-,19+/m1/s1. The zero-order chi connectivity index (χ0) is 14.7. The molecule has 110 valence electrons. The van der Waals surface area contributed by atoms with Crippen molar-refractivity contribution in [1.29, 1.82) is 0 Å². The summed E-state index contributed by atoms with van der Waals surface area (Å²) in [6, 6.07) is 7.11. The fourth-order valence-electron chi connectivity index (χ4n) is 3.63. The van der Waals surface area contributed by atoms with Gasteiger partial charge < -0.3 is 0 Å². The van der Waals surface area contributed by atoms with E-state index >= 15 is 0 Å². The lowest BCUT2D eigenvalue weighted by Crippen LogP contribution is -2.18. The van der Waals surface area contributed by atoms with Crippen LogP contribution in [0.4, 0.5) is 0 Å². The van der Waals surface area contributed by atoms with Crippen molar-refractivity contribution in [1.82, 2.24) is 0 Å². The van der Waals surface area contributed by atoms with Crippen LogP contribution >= 0.6 is 0 Å². The number of aryl methyl sites for hydroxylation is 1. The van der Waals surface area contributed by atoms with E-state index in [1.165, 1.54) is 36.8 Å². The van der Waals surface area contributed by atoms with Crippen molar-refractivity contribution in [3.8, 4) is 0 Å². The van der Waals surface area contributed by atoms with Crippen LogP contribution in [0.25, 0.3) is 0 Å². The largest absolute Gasteiger partial charge is 0.0859 e. The minimum Gasteiger partial charge on any atom is -0.0859 e. The number of allylic oxidation sites excluding steroid dienone is 2. The van der Waals surface area contributed by atoms with Gasteiger partial charge in [0.05, 0.1) is 0 Å². The molecule has 0 fully saturated rings. The lowest BCUT2D eigenvalue weighted by Gasteiger charge is -2.34. The highest BCUT2D eigenvalue weighted by Crippen LogP contribution is 2.43. The summed E-state index contributed by atoms with van der Waals surface area (Å²) in [5, 5.41) is 0. The Hall–Kier alpha value is -1.04. The molecule has 0 aliphatic heterocycles. The highest BCUT2D eigenvalue weighted by Gasteiger charge is 2.28. The molecule has 3 atom stereocenters. The quantitative estimate of drug-likeness (QED) is 0.558. The molecule has 0 amide bonds. The number of rotatable bonds is 4. The Labute approximate surface area is 125 Å². The van der Waals surface area contributed by atoms with Gasteiger partial charge in [-0.3, -0.25) is 0 Å². The van der Waals surface area contributed by atoms with E-state index in [-0.39, 0.29) is 0 Å². The first-order chi connectivity index (χ1) is 9.49. The molecule has 1 aromatic carbocycles. The van der Waals surface area contributed by atoms with Crippen LogP contribution in [0.3, 0.4) is 0 Å². The maximum absolute atomic E-state index is 2.45. The molecule has 0 saturated heterocycles. The average Bonchev–Trinajstić information content (AvgIpc) is 2.38. The third-order valence-electron chi connectivity index (χ3n) is 4.94. The molecule has 0 nitrogen and oxygen atoms in total. The summed E-state index contributed by atoms with van der Waals surface area (Å²) in [4.78, 5) is 0. The van der Waals surface area contributed by atoms with E-state index in [2.05, 4.69) is 58.9 Å². The Bertz CT molecular complexity index is 477. The van der Waals surface area contributed by atoms with Crippen LogP contribution in [-0.4, -0.2) is 0 Å². The van der Waals surface area contributed by atoms with E-state index in [9.17, 15) is 0 Å². The second-order valence-corrected chi connectivity index (χ2v) is 7.05. The number of benzene rings is 1. The molecule has 0 bridgehead atoms. The molecule has 0 spiro atoms. The van der Waals surface area contributed by atoms with E-state index in [0.29, 0.717) is 0 Å². The summed E-state index contributed by atoms with van der Waals surface area (Å²) in [7, 11) is 0. The van der Waals surface area contributed by atoms with E-state index in [1.807, 2.05) is 0 Å². The van der Waals surface area contributed by atoms with Crippen LogP contribution in [0.5, 0.6) is 0 Å². The van der Waals surface area contributed by atoms with Crippen LogP contribution in [-0.2, 0) is 0 Å². The Morgan fingerprint density at radius 3 is 2.70 bits per heavy atom. The Morgan fingerprint density at radius 1 is 1.25 bits per heavy atom. The molecule has 0 heterocycles. The van der Waals surface area contributed by atoms with Gasteiger partial charge in [0, 0.05) is 0 Å². The monoisotopic (exact) mass is 270 g/mol. The van der Waals surface area contributed by atoms with Gasteiger partial charge in [-0.2, -0.15) is 0 Å². The van der Waals surface area contributed by atoms with Crippen LogP contribution in [0, 0.1) is 12.8 Å². The molecule has 0 N–H and O–H groups in total. The van der Waals surface area contributed by atoms with Crippen LogP contribution < -0.4 is 0 Å². The third kappa shape index (κ3) is 3.53. The normalized spacial score (nSPS) is 23.1. The van der Waals surface area contributed by atoms with E-state index in [1.54, 1.807) is 11.1 Å². The molecule has 20 heavy (non-hydrogen) atoms. The summed E-state index contributed by atoms with van der Waals surface area (Å²) < 4.78 is 0. The van der Waals surface area contributed by atoms with Crippen LogP contribution in [0.2, 0.25) is 0 Å². The number of fused-ring (bicyclic) bond motifs is 1. The molecule has 1 aromatic rings. The smallest absolute Gasteiger partial charge is 0.0133 e. The third-order valence-corrected chi connectivity index (χ3v) is 4.94. The first-order valence-electron chi connectivity index (χ1n) is 8.23. The molecular formula is C20H30. The van der Waals surface area contributed by atoms with Gasteiger partial charge in [0.25, 0.3) is 0 Å². The fourth-order valence-corrected chi connectivity index (χ4v) is 3.63. The minimum atomic E-state index is 0.742. The van der Waals surface area contributed by atoms with Gasteiger partial charge in [-0.05, 0) is 75.3 Å². The predicted octanol–water partition coefficient (Wildman–Crippen LogP) is 6.36. The van der Waals surface area contributed by atoms with Gasteiger partial charge in [0.2, 0.25) is 0 Å². The van der Waals surface area contributed by atoms with Crippen molar-refractivity contribution in [3.05, 3.63) is 46.5 Å². The van der Waals surface area contributed by atoms with Crippen LogP contribution in [0.1, 0.15) is 81.9 Å². The fraction of sp³-hybridized carbons (Fsp3) is 0.600. The second kappa shape index (κ2) is 6.61. The van der Waals surface area contributed by atoms with Crippen molar-refractivity contribution in [2.75, 3.05) is 0 Å². The molecule has 2 rings (SSSR count). The highest BCUT2D eigenvalue weighted by molar-refractivity contribution is 5.38. The lowest BCUT2D eigenvalue weighted by atomic mass is 9.71. The zero-order valence-corrected chi connectivity index (χ0v) is 13.9. The topological polar surface area (TPSA) is 0 Å². The van der Waals surface area contributed by atoms with Gasteiger partial charge in [-0.1, -0.05) is 49.3 Å². The second-order valence-electron chi connectivity index (χ2n) is 7.05. The number of hydrogen-bond donors (Lipinski definition) is 0. The van der Waals surface area contributed by atoms with Crippen molar-refractivity contribution < 1.29 is 0 Å². The van der Waals surface area contributed by atoms with Crippen molar-refractivity contribution in [2.45, 2.75) is 72.1 Å². The van der Waals surface area contributed by atoms with E-state index in [0.717, 1.165) is 17.8 Å². The maximum Gasteiger partial charge on any atom is -0.0133 e. The van der Waals surface area contributed by atoms with Gasteiger partial charge in [-0.25, -0.2) is 0 Å². The highest BCUT2D eigenvalue weighted by atomic mass is 14.3. The molecule has 1 aliphatic carbocycles. The molecule has 1 aliphatic rings. The van der Waals surface area contributed by atoms with Crippen LogP contribution in [0.15, 0.2) is 29.8 Å². The van der Waals surface area contributed by atoms with Gasteiger partial charge in [0.1, 0.15) is 0 Å². The van der Waals surface area contributed by atoms with Crippen molar-refractivity contribution in [3.63, 3.8) is 0 Å². The van der Waals surface area contributed by atoms with Gasteiger partial charge in [0.15, 0.2) is 0 Å². The van der Waals surface area contributed by atoms with Crippen molar-refractivity contribution in [2.24, 2.45) is 5.92 Å². The van der Waals surface area contributed by atoms with Crippen molar-refractivity contribution >= 4 is 0 Å². The maximum atomic E-state index is 2.45. The Morgan fingerprint density at radius 2 is 2.00 bits per heavy atom. The molecule has 0 aromatic heterocycles. The summed E-state index contributed by atoms with van der Waals surface area (Å²) in [6.45, 7) is 11.5. The number of hydrogen-bond acceptors (Lipinski definition) is 0. The molecular weight excluding hydrogens is 240 g/mol.